The predicted molar refractivity (Wildman–Crippen MR) is 72.0 cm³/mol. The molecule has 1 aromatic carbocycles. The normalized spacial score (nSPS) is 12.9. The number of anilines is 1. The van der Waals surface area contributed by atoms with E-state index < -0.39 is 0 Å². The van der Waals surface area contributed by atoms with Gasteiger partial charge in [-0.1, -0.05) is 26.0 Å². The van der Waals surface area contributed by atoms with Crippen LogP contribution in [0.2, 0.25) is 0 Å². The van der Waals surface area contributed by atoms with Crippen molar-refractivity contribution in [3.05, 3.63) is 29.8 Å². The Bertz CT molecular complexity index is 318. The first-order valence-electron chi connectivity index (χ1n) is 5.99. The van der Waals surface area contributed by atoms with Gasteiger partial charge in [-0.05, 0) is 37.1 Å². The van der Waals surface area contributed by atoms with E-state index in [4.69, 9.17) is 0 Å². The molecule has 0 radical (unpaired) electrons. The summed E-state index contributed by atoms with van der Waals surface area (Å²) in [6.07, 6.45) is 1.17. The Morgan fingerprint density at radius 1 is 1.25 bits per heavy atom. The molecular formula is C14H24N2. The van der Waals surface area contributed by atoms with Gasteiger partial charge in [-0.2, -0.15) is 0 Å². The van der Waals surface area contributed by atoms with Crippen LogP contribution in [0.15, 0.2) is 24.3 Å². The molecular weight excluding hydrogens is 196 g/mol. The Balaban J connectivity index is 2.87. The largest absolute Gasteiger partial charge is 0.378 e. The van der Waals surface area contributed by atoms with Gasteiger partial charge in [0.2, 0.25) is 0 Å². The lowest BCUT2D eigenvalue weighted by atomic mass is 9.97. The van der Waals surface area contributed by atoms with Crippen molar-refractivity contribution >= 4 is 5.69 Å². The van der Waals surface area contributed by atoms with Crippen LogP contribution in [0, 0.1) is 5.92 Å². The summed E-state index contributed by atoms with van der Waals surface area (Å²) < 4.78 is 0. The molecule has 1 N–H and O–H groups in total. The molecule has 0 heterocycles. The summed E-state index contributed by atoms with van der Waals surface area (Å²) in [6.45, 7) is 4.53. The van der Waals surface area contributed by atoms with Gasteiger partial charge in [0, 0.05) is 25.8 Å². The molecule has 0 fully saturated rings. The summed E-state index contributed by atoms with van der Waals surface area (Å²) in [5, 5.41) is 3.40. The van der Waals surface area contributed by atoms with Crippen LogP contribution >= 0.6 is 0 Å². The third-order valence-corrected chi connectivity index (χ3v) is 2.84. The fourth-order valence-electron chi connectivity index (χ4n) is 1.91. The van der Waals surface area contributed by atoms with Gasteiger partial charge in [-0.25, -0.2) is 0 Å². The lowest BCUT2D eigenvalue weighted by Crippen LogP contribution is -2.19. The monoisotopic (exact) mass is 220 g/mol. The van der Waals surface area contributed by atoms with Crippen molar-refractivity contribution in [2.75, 3.05) is 26.0 Å². The highest BCUT2D eigenvalue weighted by atomic mass is 15.1. The zero-order valence-corrected chi connectivity index (χ0v) is 11.1. The second-order valence-corrected chi connectivity index (χ2v) is 4.96. The number of hydrogen-bond donors (Lipinski definition) is 1. The fraction of sp³-hybridized carbons (Fsp3) is 0.571. The highest BCUT2D eigenvalue weighted by Crippen LogP contribution is 2.24. The third-order valence-electron chi connectivity index (χ3n) is 2.84. The number of nitrogens with zero attached hydrogens (tertiary/aromatic N) is 1. The number of benzene rings is 1. The van der Waals surface area contributed by atoms with Crippen LogP contribution in [0.5, 0.6) is 0 Å². The van der Waals surface area contributed by atoms with Crippen LogP contribution in [-0.2, 0) is 0 Å². The zero-order chi connectivity index (χ0) is 12.1. The maximum Gasteiger partial charge on any atom is 0.0364 e. The lowest BCUT2D eigenvalue weighted by molar-refractivity contribution is 0.457. The first-order valence-corrected chi connectivity index (χ1v) is 5.99. The number of hydrogen-bond acceptors (Lipinski definition) is 2. The Hall–Kier alpha value is -1.02. The second-order valence-electron chi connectivity index (χ2n) is 4.96. The van der Waals surface area contributed by atoms with Crippen molar-refractivity contribution in [3.63, 3.8) is 0 Å². The maximum absolute atomic E-state index is 3.40. The van der Waals surface area contributed by atoms with Gasteiger partial charge in [0.15, 0.2) is 0 Å². The van der Waals surface area contributed by atoms with Crippen LogP contribution in [0.25, 0.3) is 0 Å². The van der Waals surface area contributed by atoms with Crippen molar-refractivity contribution in [2.24, 2.45) is 5.92 Å². The molecule has 1 unspecified atom stereocenters. The molecule has 0 aliphatic heterocycles. The molecule has 0 aliphatic carbocycles. The number of nitrogens with one attached hydrogen (secondary N) is 1. The SMILES string of the molecule is CNC(CC(C)C)c1cccc(N(C)C)c1. The molecule has 1 aromatic rings. The molecule has 2 heteroatoms. The minimum atomic E-state index is 0.458. The third kappa shape index (κ3) is 3.53. The first kappa shape index (κ1) is 13.0. The van der Waals surface area contributed by atoms with Gasteiger partial charge in [0.05, 0.1) is 0 Å². The predicted octanol–water partition coefficient (Wildman–Crippen LogP) is 3.06. The summed E-state index contributed by atoms with van der Waals surface area (Å²) in [5.41, 5.74) is 2.64. The highest BCUT2D eigenvalue weighted by molar-refractivity contribution is 5.47. The first-order chi connectivity index (χ1) is 7.54. The summed E-state index contributed by atoms with van der Waals surface area (Å²) in [5.74, 6) is 0.709. The minimum Gasteiger partial charge on any atom is -0.378 e. The van der Waals surface area contributed by atoms with Gasteiger partial charge in [-0.3, -0.25) is 0 Å². The van der Waals surface area contributed by atoms with Crippen molar-refractivity contribution in [2.45, 2.75) is 26.3 Å². The van der Waals surface area contributed by atoms with Crippen molar-refractivity contribution in [3.8, 4) is 0 Å². The Morgan fingerprint density at radius 3 is 2.44 bits per heavy atom. The van der Waals surface area contributed by atoms with E-state index in [-0.39, 0.29) is 0 Å². The van der Waals surface area contributed by atoms with E-state index in [9.17, 15) is 0 Å². The van der Waals surface area contributed by atoms with Crippen LogP contribution in [0.4, 0.5) is 5.69 Å². The minimum absolute atomic E-state index is 0.458. The molecule has 0 saturated heterocycles. The van der Waals surface area contributed by atoms with E-state index in [2.05, 4.69) is 62.4 Å². The van der Waals surface area contributed by atoms with E-state index in [1.807, 2.05) is 7.05 Å². The van der Waals surface area contributed by atoms with Crippen molar-refractivity contribution in [1.29, 1.82) is 0 Å². The average Bonchev–Trinajstić information content (AvgIpc) is 2.25. The summed E-state index contributed by atoms with van der Waals surface area (Å²) in [4.78, 5) is 2.14. The topological polar surface area (TPSA) is 15.3 Å². The zero-order valence-electron chi connectivity index (χ0n) is 11.1. The van der Waals surface area contributed by atoms with Crippen molar-refractivity contribution in [1.82, 2.24) is 5.32 Å². The molecule has 2 nitrogen and oxygen atoms in total. The lowest BCUT2D eigenvalue weighted by Gasteiger charge is -2.21. The Kier molecular flexibility index (Phi) is 4.81. The Morgan fingerprint density at radius 2 is 1.94 bits per heavy atom. The number of rotatable bonds is 5. The molecule has 0 spiro atoms. The van der Waals surface area contributed by atoms with E-state index >= 15 is 0 Å². The van der Waals surface area contributed by atoms with Crippen LogP contribution in [0.1, 0.15) is 31.9 Å². The summed E-state index contributed by atoms with van der Waals surface area (Å²) >= 11 is 0. The molecule has 0 bridgehead atoms. The molecule has 0 aromatic heterocycles. The van der Waals surface area contributed by atoms with Gasteiger partial charge >= 0.3 is 0 Å². The smallest absolute Gasteiger partial charge is 0.0364 e. The maximum atomic E-state index is 3.40. The Labute approximate surface area is 99.7 Å². The average molecular weight is 220 g/mol. The van der Waals surface area contributed by atoms with Gasteiger partial charge in [0.25, 0.3) is 0 Å². The van der Waals surface area contributed by atoms with E-state index in [1.54, 1.807) is 0 Å². The summed E-state index contributed by atoms with van der Waals surface area (Å²) in [7, 11) is 6.20. The second kappa shape index (κ2) is 5.90. The van der Waals surface area contributed by atoms with Gasteiger partial charge in [-0.15, -0.1) is 0 Å². The summed E-state index contributed by atoms with van der Waals surface area (Å²) in [6, 6.07) is 9.21. The van der Waals surface area contributed by atoms with E-state index in [1.165, 1.54) is 17.7 Å². The van der Waals surface area contributed by atoms with Gasteiger partial charge in [0.1, 0.15) is 0 Å². The van der Waals surface area contributed by atoms with Gasteiger partial charge < -0.3 is 10.2 Å². The molecule has 90 valence electrons. The van der Waals surface area contributed by atoms with Crippen LogP contribution in [0.3, 0.4) is 0 Å². The molecule has 0 aliphatic rings. The van der Waals surface area contributed by atoms with Crippen LogP contribution < -0.4 is 10.2 Å². The molecule has 0 saturated carbocycles. The van der Waals surface area contributed by atoms with Crippen LogP contribution in [-0.4, -0.2) is 21.1 Å². The molecule has 0 amide bonds. The quantitative estimate of drug-likeness (QED) is 0.820. The van der Waals surface area contributed by atoms with E-state index in [0.717, 1.165) is 0 Å². The molecule has 16 heavy (non-hydrogen) atoms. The van der Waals surface area contributed by atoms with Crippen molar-refractivity contribution < 1.29 is 0 Å². The van der Waals surface area contributed by atoms with E-state index in [0.29, 0.717) is 12.0 Å². The highest BCUT2D eigenvalue weighted by Gasteiger charge is 2.11. The fourth-order valence-corrected chi connectivity index (χ4v) is 1.91. The molecule has 1 rings (SSSR count). The standard InChI is InChI=1S/C14H24N2/c1-11(2)9-14(15-3)12-7-6-8-13(10-12)16(4)5/h6-8,10-11,14-15H,9H2,1-5H3. The molecule has 1 atom stereocenters.